The lowest BCUT2D eigenvalue weighted by molar-refractivity contribution is -0.310. The van der Waals surface area contributed by atoms with Crippen LogP contribution in [-0.4, -0.2) is 177 Å². The highest BCUT2D eigenvalue weighted by Gasteiger charge is 2.54. The fraction of sp³-hybridized carbons (Fsp3) is 1.00. The van der Waals surface area contributed by atoms with Gasteiger partial charge in [0.05, 0.1) is 31.4 Å². The van der Waals surface area contributed by atoms with Gasteiger partial charge in [-0.1, -0.05) is 0 Å². The summed E-state index contributed by atoms with van der Waals surface area (Å²) in [5.74, 6) is 0. The van der Waals surface area contributed by atoms with E-state index < -0.39 is 129 Å². The van der Waals surface area contributed by atoms with Crippen LogP contribution in [0.3, 0.4) is 0 Å². The first-order valence-corrected chi connectivity index (χ1v) is 13.8. The Labute approximate surface area is 240 Å². The summed E-state index contributed by atoms with van der Waals surface area (Å²) in [7, 11) is 0. The molecule has 0 bridgehead atoms. The first-order chi connectivity index (χ1) is 19.8. The number of aliphatic hydroxyl groups excluding tert-OH is 8. The van der Waals surface area contributed by atoms with Gasteiger partial charge in [0.15, 0.2) is 18.9 Å². The van der Waals surface area contributed by atoms with Crippen LogP contribution in [0, 0.1) is 0 Å². The van der Waals surface area contributed by atoms with E-state index in [1.165, 1.54) is 0 Å². The predicted octanol–water partition coefficient (Wildman–Crippen LogP) is -8.86. The van der Waals surface area contributed by atoms with Crippen LogP contribution in [0.4, 0.5) is 0 Å². The zero-order chi connectivity index (χ0) is 31.0. The number of aliphatic hydroxyl groups is 8. The zero-order valence-corrected chi connectivity index (χ0v) is 22.7. The first-order valence-electron chi connectivity index (χ1n) is 13.8. The van der Waals surface area contributed by atoms with Crippen molar-refractivity contribution in [3.63, 3.8) is 0 Å². The molecule has 0 unspecified atom stereocenters. The minimum absolute atomic E-state index is 0.0642. The van der Waals surface area contributed by atoms with Crippen molar-refractivity contribution in [2.45, 2.75) is 123 Å². The fourth-order valence-corrected chi connectivity index (χ4v) is 5.70. The Morgan fingerprint density at radius 2 is 1.00 bits per heavy atom. The first kappa shape index (κ1) is 34.1. The number of hydrogen-bond donors (Lipinski definition) is 13. The van der Waals surface area contributed by atoms with Crippen molar-refractivity contribution >= 4 is 0 Å². The van der Waals surface area contributed by atoms with Gasteiger partial charge in [0.25, 0.3) is 0 Å². The van der Waals surface area contributed by atoms with E-state index in [2.05, 4.69) is 0 Å². The molecule has 3 saturated heterocycles. The van der Waals surface area contributed by atoms with Crippen molar-refractivity contribution in [2.75, 3.05) is 19.8 Å². The molecular weight excluding hydrogens is 570 g/mol. The standard InChI is InChI=1S/C23H45N5O14/c24-2-7-13(32)15(34)10(27)21(37-7)41-19-9(4-30)39-23(17(19)36)42-20-12(31)5(25)1-6(26)18(20)40-22-11(28)16(35)14(33)8(3-29)38-22/h5-23,29-36H,1-4,24-28H2/t5-,6-,7+,8+,9+,10-,11-,12+,13-,14-,15+,16+,17-,18-,19-,20+,21-,22-,23-/m1/s1. The molecule has 0 aromatic rings. The number of ether oxygens (including phenoxy) is 6. The topological polar surface area (TPSA) is 347 Å². The van der Waals surface area contributed by atoms with Crippen LogP contribution in [0.15, 0.2) is 0 Å². The molecule has 0 aromatic heterocycles. The van der Waals surface area contributed by atoms with Gasteiger partial charge in [-0.05, 0) is 6.42 Å². The maximum Gasteiger partial charge on any atom is 0.187 e. The average Bonchev–Trinajstić information content (AvgIpc) is 3.27. The van der Waals surface area contributed by atoms with Gasteiger partial charge >= 0.3 is 0 Å². The van der Waals surface area contributed by atoms with Crippen LogP contribution in [0.5, 0.6) is 0 Å². The maximum atomic E-state index is 11.1. The van der Waals surface area contributed by atoms with E-state index in [4.69, 9.17) is 57.1 Å². The Hall–Kier alpha value is -0.760. The third-order valence-corrected chi connectivity index (χ3v) is 8.32. The number of hydrogen-bond acceptors (Lipinski definition) is 19. The molecule has 0 amide bonds. The molecule has 3 aliphatic heterocycles. The van der Waals surface area contributed by atoms with Gasteiger partial charge in [-0.2, -0.15) is 0 Å². The lowest BCUT2D eigenvalue weighted by Crippen LogP contribution is -2.68. The summed E-state index contributed by atoms with van der Waals surface area (Å²) in [6.45, 7) is -1.49. The van der Waals surface area contributed by atoms with Crippen molar-refractivity contribution in [3.05, 3.63) is 0 Å². The number of nitrogens with two attached hydrogens (primary N) is 5. The van der Waals surface area contributed by atoms with Crippen molar-refractivity contribution in [3.8, 4) is 0 Å². The van der Waals surface area contributed by atoms with E-state index in [9.17, 15) is 40.9 Å². The quantitative estimate of drug-likeness (QED) is 0.114. The second kappa shape index (κ2) is 14.1. The van der Waals surface area contributed by atoms with E-state index >= 15 is 0 Å². The maximum absolute atomic E-state index is 11.1. The fourth-order valence-electron chi connectivity index (χ4n) is 5.70. The summed E-state index contributed by atoms with van der Waals surface area (Å²) >= 11 is 0. The summed E-state index contributed by atoms with van der Waals surface area (Å²) in [5.41, 5.74) is 29.9. The second-order valence-electron chi connectivity index (χ2n) is 11.2. The van der Waals surface area contributed by atoms with Gasteiger partial charge < -0.3 is 97.9 Å². The van der Waals surface area contributed by atoms with E-state index in [1.54, 1.807) is 0 Å². The highest BCUT2D eigenvalue weighted by atomic mass is 16.8. The molecule has 19 nitrogen and oxygen atoms in total. The average molecular weight is 616 g/mol. The van der Waals surface area contributed by atoms with Crippen molar-refractivity contribution in [1.29, 1.82) is 0 Å². The molecule has 3 heterocycles. The van der Waals surface area contributed by atoms with E-state index in [-0.39, 0.29) is 13.0 Å². The van der Waals surface area contributed by atoms with Gasteiger partial charge in [-0.3, -0.25) is 0 Å². The monoisotopic (exact) mass is 615 g/mol. The molecule has 42 heavy (non-hydrogen) atoms. The van der Waals surface area contributed by atoms with Gasteiger partial charge in [0.1, 0.15) is 67.1 Å². The van der Waals surface area contributed by atoms with E-state index in [1.807, 2.05) is 0 Å². The Morgan fingerprint density at radius 1 is 0.524 bits per heavy atom. The molecule has 19 atom stereocenters. The normalized spacial score (nSPS) is 53.8. The Bertz CT molecular complexity index is 866. The summed E-state index contributed by atoms with van der Waals surface area (Å²) in [6, 6.07) is -4.30. The lowest BCUT2D eigenvalue weighted by atomic mass is 9.84. The van der Waals surface area contributed by atoms with Crippen LogP contribution in [-0.2, 0) is 28.4 Å². The minimum Gasteiger partial charge on any atom is -0.394 e. The van der Waals surface area contributed by atoms with Gasteiger partial charge in [-0.15, -0.1) is 0 Å². The molecular formula is C23H45N5O14. The Kier molecular flexibility index (Phi) is 11.5. The third-order valence-electron chi connectivity index (χ3n) is 8.32. The van der Waals surface area contributed by atoms with Crippen LogP contribution in [0.25, 0.3) is 0 Å². The molecule has 0 aromatic carbocycles. The minimum atomic E-state index is -1.62. The molecule has 1 saturated carbocycles. The lowest BCUT2D eigenvalue weighted by Gasteiger charge is -2.47. The molecule has 4 fully saturated rings. The largest absolute Gasteiger partial charge is 0.394 e. The molecule has 4 aliphatic rings. The van der Waals surface area contributed by atoms with Crippen LogP contribution in [0.2, 0.25) is 0 Å². The summed E-state index contributed by atoms with van der Waals surface area (Å²) in [4.78, 5) is 0. The molecule has 1 aliphatic carbocycles. The molecule has 18 N–H and O–H groups in total. The van der Waals surface area contributed by atoms with Crippen molar-refractivity contribution < 1.29 is 69.3 Å². The van der Waals surface area contributed by atoms with Gasteiger partial charge in [-0.25, -0.2) is 0 Å². The van der Waals surface area contributed by atoms with Gasteiger partial charge in [0, 0.05) is 18.6 Å². The van der Waals surface area contributed by atoms with E-state index in [0.29, 0.717) is 0 Å². The van der Waals surface area contributed by atoms with Crippen molar-refractivity contribution in [1.82, 2.24) is 0 Å². The Balaban J connectivity index is 1.50. The van der Waals surface area contributed by atoms with Crippen molar-refractivity contribution in [2.24, 2.45) is 28.7 Å². The summed E-state index contributed by atoms with van der Waals surface area (Å²) in [5, 5.41) is 82.3. The smallest absolute Gasteiger partial charge is 0.187 e. The molecule has 0 spiro atoms. The second-order valence-corrected chi connectivity index (χ2v) is 11.2. The zero-order valence-electron chi connectivity index (χ0n) is 22.7. The number of rotatable bonds is 9. The van der Waals surface area contributed by atoms with Gasteiger partial charge in [0.2, 0.25) is 0 Å². The predicted molar refractivity (Wildman–Crippen MR) is 136 cm³/mol. The summed E-state index contributed by atoms with van der Waals surface area (Å²) in [6.07, 6.45) is -20.5. The Morgan fingerprint density at radius 3 is 1.55 bits per heavy atom. The SMILES string of the molecule is NC[C@@H]1O[C@H](O[C@H]2[C@@H](O)[C@@H](O[C@H]3[C@@H](O)[C@H](N)C[C@@H](N)[C@H]3O[C@H]3O[C@@H](CO)[C@@H](O)[C@@H](O)[C@H]3N)O[C@H]2CO)[C@H](N)[C@H](O)[C@@H]1O. The van der Waals surface area contributed by atoms with Crippen LogP contribution >= 0.6 is 0 Å². The molecule has 19 heteroatoms. The summed E-state index contributed by atoms with van der Waals surface area (Å²) < 4.78 is 34.4. The highest BCUT2D eigenvalue weighted by molar-refractivity contribution is 5.02. The third kappa shape index (κ3) is 6.60. The molecule has 0 radical (unpaired) electrons. The molecule has 4 rings (SSSR count). The highest BCUT2D eigenvalue weighted by Crippen LogP contribution is 2.34. The van der Waals surface area contributed by atoms with Crippen LogP contribution < -0.4 is 28.7 Å². The van der Waals surface area contributed by atoms with Crippen LogP contribution in [0.1, 0.15) is 6.42 Å². The van der Waals surface area contributed by atoms with E-state index in [0.717, 1.165) is 0 Å². The molecule has 246 valence electrons.